The Kier molecular flexibility index (Phi) is 3.45. The van der Waals surface area contributed by atoms with E-state index in [4.69, 9.17) is 0 Å². The van der Waals surface area contributed by atoms with Gasteiger partial charge in [0.15, 0.2) is 0 Å². The van der Waals surface area contributed by atoms with Gasteiger partial charge in [-0.3, -0.25) is 14.3 Å². The lowest BCUT2D eigenvalue weighted by Crippen LogP contribution is -2.32. The van der Waals surface area contributed by atoms with Gasteiger partial charge < -0.3 is 4.57 Å². The van der Waals surface area contributed by atoms with Crippen molar-refractivity contribution < 1.29 is 0 Å². The minimum atomic E-state index is -0.366. The number of aromatic amines is 1. The molecule has 0 fully saturated rings. The van der Waals surface area contributed by atoms with Crippen LogP contribution in [0.25, 0.3) is 0 Å². The van der Waals surface area contributed by atoms with Crippen LogP contribution in [-0.4, -0.2) is 19.1 Å². The fourth-order valence-electron chi connectivity index (χ4n) is 1.83. The number of aromatic nitrogens is 4. The Labute approximate surface area is 104 Å². The highest BCUT2D eigenvalue weighted by Gasteiger charge is 2.03. The molecule has 0 bridgehead atoms. The SMILES string of the molecule is CCc1cn(CCn2ccnc2C)c(=O)[nH]c1=O. The maximum absolute atomic E-state index is 11.6. The summed E-state index contributed by atoms with van der Waals surface area (Å²) in [4.78, 5) is 29.5. The van der Waals surface area contributed by atoms with Crippen molar-refractivity contribution in [1.82, 2.24) is 19.1 Å². The number of rotatable bonds is 4. The van der Waals surface area contributed by atoms with Gasteiger partial charge in [-0.2, -0.15) is 0 Å². The first-order chi connectivity index (χ1) is 8.61. The van der Waals surface area contributed by atoms with Gasteiger partial charge in [0.2, 0.25) is 0 Å². The molecule has 2 aromatic heterocycles. The third-order valence-corrected chi connectivity index (χ3v) is 2.97. The number of aryl methyl sites for hydroxylation is 4. The molecular weight excluding hydrogens is 232 g/mol. The second-order valence-corrected chi connectivity index (χ2v) is 4.13. The van der Waals surface area contributed by atoms with Crippen LogP contribution in [0, 0.1) is 6.92 Å². The summed E-state index contributed by atoms with van der Waals surface area (Å²) in [5.74, 6) is 0.906. The van der Waals surface area contributed by atoms with Gasteiger partial charge in [0.05, 0.1) is 0 Å². The first kappa shape index (κ1) is 12.3. The lowest BCUT2D eigenvalue weighted by atomic mass is 10.3. The smallest absolute Gasteiger partial charge is 0.328 e. The molecule has 0 unspecified atom stereocenters. The number of H-pyrrole nitrogens is 1. The lowest BCUT2D eigenvalue weighted by molar-refractivity contribution is 0.542. The molecule has 0 aromatic carbocycles. The zero-order valence-corrected chi connectivity index (χ0v) is 10.5. The fraction of sp³-hybridized carbons (Fsp3) is 0.417. The van der Waals surface area contributed by atoms with Gasteiger partial charge in [0.25, 0.3) is 5.56 Å². The van der Waals surface area contributed by atoms with Crippen molar-refractivity contribution in [1.29, 1.82) is 0 Å². The van der Waals surface area contributed by atoms with Crippen molar-refractivity contribution in [2.75, 3.05) is 0 Å². The third kappa shape index (κ3) is 2.42. The van der Waals surface area contributed by atoms with E-state index >= 15 is 0 Å². The van der Waals surface area contributed by atoms with Crippen molar-refractivity contribution >= 4 is 0 Å². The second kappa shape index (κ2) is 5.03. The lowest BCUT2D eigenvalue weighted by Gasteiger charge is -2.08. The van der Waals surface area contributed by atoms with Crippen molar-refractivity contribution in [3.05, 3.63) is 50.8 Å². The zero-order valence-electron chi connectivity index (χ0n) is 10.5. The Morgan fingerprint density at radius 3 is 2.61 bits per heavy atom. The minimum absolute atomic E-state index is 0.294. The van der Waals surface area contributed by atoms with Crippen LogP contribution in [0.3, 0.4) is 0 Å². The topological polar surface area (TPSA) is 72.7 Å². The van der Waals surface area contributed by atoms with E-state index in [-0.39, 0.29) is 11.2 Å². The normalized spacial score (nSPS) is 10.8. The predicted molar refractivity (Wildman–Crippen MR) is 67.7 cm³/mol. The Morgan fingerprint density at radius 1 is 1.28 bits per heavy atom. The molecule has 2 heterocycles. The van der Waals surface area contributed by atoms with Gasteiger partial charge in [-0.1, -0.05) is 6.92 Å². The number of hydrogen-bond acceptors (Lipinski definition) is 3. The van der Waals surface area contributed by atoms with E-state index in [9.17, 15) is 9.59 Å². The standard InChI is InChI=1S/C12H16N4O2/c1-3-10-8-16(12(18)14-11(10)17)7-6-15-5-4-13-9(15)2/h4-5,8H,3,6-7H2,1-2H3,(H,14,17,18). The summed E-state index contributed by atoms with van der Waals surface area (Å²) in [7, 11) is 0. The van der Waals surface area contributed by atoms with Crippen LogP contribution in [-0.2, 0) is 19.5 Å². The molecule has 2 rings (SSSR count). The largest absolute Gasteiger partial charge is 0.333 e. The number of hydrogen-bond donors (Lipinski definition) is 1. The summed E-state index contributed by atoms with van der Waals surface area (Å²) < 4.78 is 3.49. The molecule has 0 amide bonds. The highest BCUT2D eigenvalue weighted by Crippen LogP contribution is 1.96. The maximum Gasteiger partial charge on any atom is 0.328 e. The molecule has 2 aromatic rings. The van der Waals surface area contributed by atoms with E-state index < -0.39 is 0 Å². The molecule has 0 saturated heterocycles. The van der Waals surface area contributed by atoms with E-state index in [1.54, 1.807) is 12.4 Å². The first-order valence-corrected chi connectivity index (χ1v) is 5.92. The van der Waals surface area contributed by atoms with E-state index in [1.165, 1.54) is 4.57 Å². The Balaban J connectivity index is 2.22. The van der Waals surface area contributed by atoms with E-state index in [1.807, 2.05) is 24.6 Å². The van der Waals surface area contributed by atoms with Crippen LogP contribution in [0.1, 0.15) is 18.3 Å². The second-order valence-electron chi connectivity index (χ2n) is 4.13. The summed E-state index contributed by atoms with van der Waals surface area (Å²) in [6, 6.07) is 0. The Hall–Kier alpha value is -2.11. The summed E-state index contributed by atoms with van der Waals surface area (Å²) in [6.45, 7) is 4.97. The quantitative estimate of drug-likeness (QED) is 0.846. The maximum atomic E-state index is 11.6. The van der Waals surface area contributed by atoms with Gasteiger partial charge in [-0.05, 0) is 13.3 Å². The molecule has 0 radical (unpaired) electrons. The van der Waals surface area contributed by atoms with E-state index in [2.05, 4.69) is 9.97 Å². The molecule has 0 aliphatic rings. The molecule has 0 aliphatic carbocycles. The molecule has 0 saturated carbocycles. The zero-order chi connectivity index (χ0) is 13.1. The van der Waals surface area contributed by atoms with Crippen LogP contribution in [0.2, 0.25) is 0 Å². The Bertz CT molecular complexity index is 651. The van der Waals surface area contributed by atoms with Gasteiger partial charge >= 0.3 is 5.69 Å². The molecule has 6 nitrogen and oxygen atoms in total. The van der Waals surface area contributed by atoms with Crippen molar-refractivity contribution in [2.45, 2.75) is 33.4 Å². The molecule has 1 N–H and O–H groups in total. The first-order valence-electron chi connectivity index (χ1n) is 5.92. The average Bonchev–Trinajstić information content (AvgIpc) is 2.74. The summed E-state index contributed by atoms with van der Waals surface area (Å²) in [5, 5.41) is 0. The highest BCUT2D eigenvalue weighted by atomic mass is 16.2. The van der Waals surface area contributed by atoms with Crippen LogP contribution in [0.15, 0.2) is 28.2 Å². The molecule has 0 aliphatic heterocycles. The molecule has 0 spiro atoms. The Morgan fingerprint density at radius 2 is 2.00 bits per heavy atom. The highest BCUT2D eigenvalue weighted by molar-refractivity contribution is 5.03. The monoisotopic (exact) mass is 248 g/mol. The van der Waals surface area contributed by atoms with Crippen LogP contribution >= 0.6 is 0 Å². The van der Waals surface area contributed by atoms with Gasteiger partial charge in [0, 0.05) is 37.2 Å². The predicted octanol–water partition coefficient (Wildman–Crippen LogP) is 0.304. The van der Waals surface area contributed by atoms with E-state index in [0.29, 0.717) is 25.1 Å². The number of imidazole rings is 1. The van der Waals surface area contributed by atoms with Crippen molar-refractivity contribution in [3.8, 4) is 0 Å². The van der Waals surface area contributed by atoms with Crippen LogP contribution in [0.4, 0.5) is 0 Å². The van der Waals surface area contributed by atoms with Crippen molar-refractivity contribution in [3.63, 3.8) is 0 Å². The van der Waals surface area contributed by atoms with E-state index in [0.717, 1.165) is 5.82 Å². The summed E-state index contributed by atoms with van der Waals surface area (Å²) in [6.07, 6.45) is 5.84. The summed E-state index contributed by atoms with van der Waals surface area (Å²) in [5.41, 5.74) is -0.0375. The van der Waals surface area contributed by atoms with Crippen LogP contribution in [0.5, 0.6) is 0 Å². The number of nitrogens with zero attached hydrogens (tertiary/aromatic N) is 3. The van der Waals surface area contributed by atoms with Gasteiger partial charge in [0.1, 0.15) is 5.82 Å². The molecular formula is C12H16N4O2. The molecule has 6 heteroatoms. The third-order valence-electron chi connectivity index (χ3n) is 2.97. The van der Waals surface area contributed by atoms with Gasteiger partial charge in [-0.25, -0.2) is 9.78 Å². The molecule has 0 atom stereocenters. The summed E-state index contributed by atoms with van der Waals surface area (Å²) >= 11 is 0. The van der Waals surface area contributed by atoms with Gasteiger partial charge in [-0.15, -0.1) is 0 Å². The fourth-order valence-corrected chi connectivity index (χ4v) is 1.83. The molecule has 18 heavy (non-hydrogen) atoms. The van der Waals surface area contributed by atoms with Crippen LogP contribution < -0.4 is 11.2 Å². The van der Waals surface area contributed by atoms with Crippen molar-refractivity contribution in [2.24, 2.45) is 0 Å². The molecule has 96 valence electrons. The number of nitrogens with one attached hydrogen (secondary N) is 1. The minimum Gasteiger partial charge on any atom is -0.333 e. The average molecular weight is 248 g/mol.